The lowest BCUT2D eigenvalue weighted by molar-refractivity contribution is -0.137. The smallest absolute Gasteiger partial charge is 0.416 e. The Hall–Kier alpha value is -4.28. The van der Waals surface area contributed by atoms with Crippen LogP contribution in [0.25, 0.3) is 11.3 Å². The zero-order valence-electron chi connectivity index (χ0n) is 18.5. The minimum atomic E-state index is -4.48. The predicted molar refractivity (Wildman–Crippen MR) is 123 cm³/mol. The van der Waals surface area contributed by atoms with Crippen LogP contribution in [0.3, 0.4) is 0 Å². The van der Waals surface area contributed by atoms with Gasteiger partial charge in [-0.1, -0.05) is 12.6 Å². The monoisotopic (exact) mass is 485 g/mol. The number of ether oxygens (including phenoxy) is 1. The average Bonchev–Trinajstić information content (AvgIpc) is 3.43. The molecule has 1 atom stereocenters. The van der Waals surface area contributed by atoms with E-state index < -0.39 is 17.6 Å². The van der Waals surface area contributed by atoms with Crippen molar-refractivity contribution in [1.29, 1.82) is 0 Å². The van der Waals surface area contributed by atoms with Crippen LogP contribution < -0.4 is 16.2 Å². The summed E-state index contributed by atoms with van der Waals surface area (Å²) in [4.78, 5) is 25.7. The lowest BCUT2D eigenvalue weighted by Crippen LogP contribution is -2.27. The lowest BCUT2D eigenvalue weighted by atomic mass is 10.1. The molecule has 1 fully saturated rings. The first-order valence-electron chi connectivity index (χ1n) is 10.6. The van der Waals surface area contributed by atoms with Gasteiger partial charge in [0.2, 0.25) is 5.91 Å². The summed E-state index contributed by atoms with van der Waals surface area (Å²) in [5.74, 6) is -0.557. The number of hydrogen-bond donors (Lipinski definition) is 2. The van der Waals surface area contributed by atoms with Crippen molar-refractivity contribution >= 4 is 17.6 Å². The Balaban J connectivity index is 1.60. The van der Waals surface area contributed by atoms with Crippen molar-refractivity contribution in [3.05, 3.63) is 72.3 Å². The molecule has 0 spiro atoms. The van der Waals surface area contributed by atoms with Crippen LogP contribution in [0, 0.1) is 0 Å². The Kier molecular flexibility index (Phi) is 6.25. The van der Waals surface area contributed by atoms with E-state index in [1.54, 1.807) is 17.0 Å². The Labute approximate surface area is 198 Å². The lowest BCUT2D eigenvalue weighted by Gasteiger charge is -2.15. The number of halogens is 3. The number of anilines is 1. The Morgan fingerprint density at radius 2 is 1.86 bits per heavy atom. The fourth-order valence-corrected chi connectivity index (χ4v) is 3.99. The molecule has 0 unspecified atom stereocenters. The van der Waals surface area contributed by atoms with Gasteiger partial charge in [0.1, 0.15) is 28.6 Å². The van der Waals surface area contributed by atoms with Gasteiger partial charge in [-0.05, 0) is 55.0 Å². The molecule has 182 valence electrons. The van der Waals surface area contributed by atoms with Crippen LogP contribution in [0.5, 0.6) is 11.5 Å². The summed E-state index contributed by atoms with van der Waals surface area (Å²) >= 11 is 0. The van der Waals surface area contributed by atoms with Crippen molar-refractivity contribution in [2.45, 2.75) is 18.6 Å². The average molecular weight is 485 g/mol. The molecule has 11 heteroatoms. The van der Waals surface area contributed by atoms with Crippen LogP contribution in [0.1, 0.15) is 28.4 Å². The Morgan fingerprint density at radius 3 is 2.49 bits per heavy atom. The first kappa shape index (κ1) is 23.9. The van der Waals surface area contributed by atoms with Crippen LogP contribution >= 0.6 is 0 Å². The third-order valence-electron chi connectivity index (χ3n) is 5.71. The normalized spacial score (nSPS) is 15.7. The molecule has 0 aliphatic carbocycles. The molecule has 1 aromatic heterocycles. The molecule has 2 heterocycles. The van der Waals surface area contributed by atoms with Gasteiger partial charge in [-0.3, -0.25) is 9.59 Å². The number of benzene rings is 2. The molecule has 1 aliphatic heterocycles. The zero-order chi connectivity index (χ0) is 25.3. The van der Waals surface area contributed by atoms with Gasteiger partial charge >= 0.3 is 6.18 Å². The minimum absolute atomic E-state index is 0.0266. The molecule has 35 heavy (non-hydrogen) atoms. The first-order chi connectivity index (χ1) is 16.6. The molecule has 1 saturated heterocycles. The maximum atomic E-state index is 12.9. The highest BCUT2D eigenvalue weighted by Crippen LogP contribution is 2.35. The number of rotatable bonds is 6. The SMILES string of the molecule is C=CC(=O)N1CC[C@@H](n2nc(-c3ccc(Oc4cccc(C(F)(F)F)c4)cc3)c(C(N)=O)c2N)C1. The molecule has 8 nitrogen and oxygen atoms in total. The number of likely N-dealkylation sites (tertiary alicyclic amines) is 1. The van der Waals surface area contributed by atoms with E-state index in [4.69, 9.17) is 16.2 Å². The van der Waals surface area contributed by atoms with Gasteiger partial charge in [-0.25, -0.2) is 4.68 Å². The summed E-state index contributed by atoms with van der Waals surface area (Å²) in [7, 11) is 0. The Morgan fingerprint density at radius 1 is 1.14 bits per heavy atom. The topological polar surface area (TPSA) is 116 Å². The summed E-state index contributed by atoms with van der Waals surface area (Å²) in [5.41, 5.74) is 11.8. The van der Waals surface area contributed by atoms with E-state index >= 15 is 0 Å². The van der Waals surface area contributed by atoms with Gasteiger partial charge in [0.05, 0.1) is 11.6 Å². The number of nitrogens with zero attached hydrogens (tertiary/aromatic N) is 3. The fraction of sp³-hybridized carbons (Fsp3) is 0.208. The van der Waals surface area contributed by atoms with E-state index in [1.165, 1.54) is 35.0 Å². The van der Waals surface area contributed by atoms with Gasteiger partial charge < -0.3 is 21.1 Å². The third-order valence-corrected chi connectivity index (χ3v) is 5.71. The van der Waals surface area contributed by atoms with Crippen molar-refractivity contribution in [3.8, 4) is 22.8 Å². The van der Waals surface area contributed by atoms with E-state index in [1.807, 2.05) is 0 Å². The number of primary amides is 1. The summed E-state index contributed by atoms with van der Waals surface area (Å²) < 4.78 is 45.9. The number of carbonyl (C=O) groups excluding carboxylic acids is 2. The fourth-order valence-electron chi connectivity index (χ4n) is 3.99. The molecule has 4 rings (SSSR count). The zero-order valence-corrected chi connectivity index (χ0v) is 18.5. The van der Waals surface area contributed by atoms with E-state index in [2.05, 4.69) is 11.7 Å². The molecule has 4 N–H and O–H groups in total. The number of aromatic nitrogens is 2. The number of alkyl halides is 3. The van der Waals surface area contributed by atoms with Gasteiger partial charge in [0.15, 0.2) is 0 Å². The van der Waals surface area contributed by atoms with Crippen molar-refractivity contribution in [3.63, 3.8) is 0 Å². The maximum Gasteiger partial charge on any atom is 0.416 e. The molecule has 0 bridgehead atoms. The van der Waals surface area contributed by atoms with Crippen molar-refractivity contribution in [2.24, 2.45) is 5.73 Å². The third kappa shape index (κ3) is 4.84. The highest BCUT2D eigenvalue weighted by molar-refractivity contribution is 6.03. The number of nitrogen functional groups attached to an aromatic ring is 1. The number of amides is 2. The summed E-state index contributed by atoms with van der Waals surface area (Å²) in [6.07, 6.45) is -2.66. The molecular weight excluding hydrogens is 463 g/mol. The van der Waals surface area contributed by atoms with Gasteiger partial charge in [-0.15, -0.1) is 0 Å². The number of hydrogen-bond acceptors (Lipinski definition) is 5. The summed E-state index contributed by atoms with van der Waals surface area (Å²) in [6, 6.07) is 10.6. The second-order valence-electron chi connectivity index (χ2n) is 8.00. The molecular formula is C24H22F3N5O3. The van der Waals surface area contributed by atoms with Crippen molar-refractivity contribution < 1.29 is 27.5 Å². The molecule has 0 radical (unpaired) electrons. The van der Waals surface area contributed by atoms with Crippen LogP contribution in [0.2, 0.25) is 0 Å². The van der Waals surface area contributed by atoms with Crippen molar-refractivity contribution in [1.82, 2.24) is 14.7 Å². The largest absolute Gasteiger partial charge is 0.457 e. The standard InChI is InChI=1S/C24H22F3N5O3/c1-2-19(33)31-11-10-16(13-31)32-22(28)20(23(29)34)21(30-32)14-6-8-17(9-7-14)35-18-5-3-4-15(12-18)24(25,26)27/h2-9,12,16H,1,10-11,13,28H2,(H2,29,34)/t16-/m1/s1. The Bertz CT molecular complexity index is 1280. The first-order valence-corrected chi connectivity index (χ1v) is 10.6. The van der Waals surface area contributed by atoms with Gasteiger partial charge in [0.25, 0.3) is 5.91 Å². The van der Waals surface area contributed by atoms with E-state index in [0.717, 1.165) is 12.1 Å². The van der Waals surface area contributed by atoms with Crippen LogP contribution in [-0.4, -0.2) is 39.6 Å². The van der Waals surface area contributed by atoms with Gasteiger partial charge in [-0.2, -0.15) is 18.3 Å². The van der Waals surface area contributed by atoms with Gasteiger partial charge in [0, 0.05) is 18.7 Å². The van der Waals surface area contributed by atoms with Crippen LogP contribution in [0.4, 0.5) is 19.0 Å². The molecule has 2 amide bonds. The summed E-state index contributed by atoms with van der Waals surface area (Å²) in [5, 5.41) is 4.52. The molecule has 0 saturated carbocycles. The van der Waals surface area contributed by atoms with E-state index in [-0.39, 0.29) is 40.5 Å². The highest BCUT2D eigenvalue weighted by Gasteiger charge is 2.32. The van der Waals surface area contributed by atoms with Crippen LogP contribution in [0.15, 0.2) is 61.2 Å². The van der Waals surface area contributed by atoms with Crippen molar-refractivity contribution in [2.75, 3.05) is 18.8 Å². The van der Waals surface area contributed by atoms with Crippen LogP contribution in [-0.2, 0) is 11.0 Å². The van der Waals surface area contributed by atoms with E-state index in [9.17, 15) is 22.8 Å². The number of carbonyl (C=O) groups is 2. The van der Waals surface area contributed by atoms with E-state index in [0.29, 0.717) is 25.1 Å². The molecule has 2 aromatic carbocycles. The summed E-state index contributed by atoms with van der Waals surface area (Å²) in [6.45, 7) is 4.35. The predicted octanol–water partition coefficient (Wildman–Crippen LogP) is 4.00. The highest BCUT2D eigenvalue weighted by atomic mass is 19.4. The molecule has 1 aliphatic rings. The molecule has 3 aromatic rings. The maximum absolute atomic E-state index is 12.9. The second kappa shape index (κ2) is 9.16. The second-order valence-corrected chi connectivity index (χ2v) is 8.00. The minimum Gasteiger partial charge on any atom is -0.457 e. The quantitative estimate of drug-likeness (QED) is 0.512. The number of nitrogens with two attached hydrogens (primary N) is 2.